The van der Waals surface area contributed by atoms with E-state index in [1.807, 2.05) is 0 Å². The molecule has 2 aromatic rings. The van der Waals surface area contributed by atoms with Gasteiger partial charge in [-0.15, -0.1) is 0 Å². The Balaban J connectivity index is 1.78. The summed E-state index contributed by atoms with van der Waals surface area (Å²) in [5.41, 5.74) is -0.0711. The van der Waals surface area contributed by atoms with Gasteiger partial charge in [0.15, 0.2) is 0 Å². The fourth-order valence-electron chi connectivity index (χ4n) is 2.37. The first-order chi connectivity index (χ1) is 10.6. The maximum Gasteiger partial charge on any atom is 0.261 e. The van der Waals surface area contributed by atoms with Gasteiger partial charge >= 0.3 is 0 Å². The van der Waals surface area contributed by atoms with E-state index < -0.39 is 17.5 Å². The van der Waals surface area contributed by atoms with Crippen molar-refractivity contribution in [3.8, 4) is 11.5 Å². The van der Waals surface area contributed by atoms with Gasteiger partial charge in [0.1, 0.15) is 17.4 Å². The number of pyridine rings is 1. The molecule has 1 atom stereocenters. The van der Waals surface area contributed by atoms with Gasteiger partial charge in [-0.2, -0.15) is 0 Å². The number of hydrogen-bond acceptors (Lipinski definition) is 4. The van der Waals surface area contributed by atoms with Crippen molar-refractivity contribution in [3.63, 3.8) is 0 Å². The van der Waals surface area contributed by atoms with Crippen LogP contribution >= 0.6 is 0 Å². The summed E-state index contributed by atoms with van der Waals surface area (Å²) in [4.78, 5) is 38.4. The van der Waals surface area contributed by atoms with Gasteiger partial charge in [0.25, 0.3) is 11.5 Å². The van der Waals surface area contributed by atoms with Crippen LogP contribution in [0.5, 0.6) is 0 Å². The van der Waals surface area contributed by atoms with E-state index in [0.717, 1.165) is 6.42 Å². The van der Waals surface area contributed by atoms with Crippen LogP contribution in [0.15, 0.2) is 39.7 Å². The average molecular weight is 301 g/mol. The first kappa shape index (κ1) is 14.1. The fourth-order valence-corrected chi connectivity index (χ4v) is 2.37. The molecule has 2 amide bonds. The predicted octanol–water partition coefficient (Wildman–Crippen LogP) is 0.643. The molecular formula is C15H15N3O4. The number of carbonyl (C=O) groups is 2. The lowest BCUT2D eigenvalue weighted by Crippen LogP contribution is -2.50. The number of carbonyl (C=O) groups excluding carboxylic acids is 2. The second-order valence-electron chi connectivity index (χ2n) is 5.05. The minimum atomic E-state index is -0.592. The van der Waals surface area contributed by atoms with Crippen molar-refractivity contribution in [2.75, 3.05) is 6.54 Å². The third-order valence-corrected chi connectivity index (χ3v) is 3.53. The SMILES string of the molecule is O=C(NC1CCCNC1=O)c1ccc(-c2ccco2)[nH]c1=O. The topological polar surface area (TPSA) is 104 Å². The molecule has 1 aliphatic rings. The summed E-state index contributed by atoms with van der Waals surface area (Å²) in [6.07, 6.45) is 2.86. The summed E-state index contributed by atoms with van der Waals surface area (Å²) < 4.78 is 5.19. The molecular weight excluding hydrogens is 286 g/mol. The minimum absolute atomic E-state index is 0.0336. The number of hydrogen-bond donors (Lipinski definition) is 3. The van der Waals surface area contributed by atoms with Crippen molar-refractivity contribution < 1.29 is 14.0 Å². The number of amides is 2. The van der Waals surface area contributed by atoms with E-state index in [4.69, 9.17) is 4.42 Å². The number of furan rings is 1. The maximum atomic E-state index is 12.1. The highest BCUT2D eigenvalue weighted by molar-refractivity contribution is 5.97. The number of rotatable bonds is 3. The third kappa shape index (κ3) is 2.78. The summed E-state index contributed by atoms with van der Waals surface area (Å²) in [6, 6.07) is 5.83. The molecule has 0 spiro atoms. The quantitative estimate of drug-likeness (QED) is 0.774. The van der Waals surface area contributed by atoms with E-state index in [9.17, 15) is 14.4 Å². The van der Waals surface area contributed by atoms with Crippen molar-refractivity contribution in [2.24, 2.45) is 0 Å². The van der Waals surface area contributed by atoms with Crippen molar-refractivity contribution in [2.45, 2.75) is 18.9 Å². The lowest BCUT2D eigenvalue weighted by atomic mass is 10.1. The van der Waals surface area contributed by atoms with Crippen molar-refractivity contribution in [1.82, 2.24) is 15.6 Å². The molecule has 1 aliphatic heterocycles. The first-order valence-corrected chi connectivity index (χ1v) is 7.01. The Labute approximate surface area is 125 Å². The lowest BCUT2D eigenvalue weighted by Gasteiger charge is -2.22. The van der Waals surface area contributed by atoms with Crippen LogP contribution in [0.25, 0.3) is 11.5 Å². The molecule has 0 aliphatic carbocycles. The zero-order valence-corrected chi connectivity index (χ0v) is 11.7. The molecule has 22 heavy (non-hydrogen) atoms. The normalized spacial score (nSPS) is 17.8. The van der Waals surface area contributed by atoms with Crippen LogP contribution in [-0.4, -0.2) is 29.4 Å². The molecule has 3 rings (SSSR count). The van der Waals surface area contributed by atoms with Crippen LogP contribution in [0.4, 0.5) is 0 Å². The Morgan fingerprint density at radius 1 is 1.27 bits per heavy atom. The summed E-state index contributed by atoms with van der Waals surface area (Å²) >= 11 is 0. The van der Waals surface area contributed by atoms with Gasteiger partial charge in [-0.05, 0) is 37.1 Å². The van der Waals surface area contributed by atoms with Gasteiger partial charge in [-0.1, -0.05) is 0 Å². The van der Waals surface area contributed by atoms with E-state index in [0.29, 0.717) is 24.4 Å². The Morgan fingerprint density at radius 2 is 2.14 bits per heavy atom. The Morgan fingerprint density at radius 3 is 2.82 bits per heavy atom. The van der Waals surface area contributed by atoms with E-state index in [1.165, 1.54) is 12.3 Å². The zero-order valence-electron chi connectivity index (χ0n) is 11.7. The zero-order chi connectivity index (χ0) is 15.5. The van der Waals surface area contributed by atoms with Gasteiger partial charge < -0.3 is 20.0 Å². The molecule has 3 N–H and O–H groups in total. The molecule has 3 heterocycles. The van der Waals surface area contributed by atoms with E-state index in [1.54, 1.807) is 18.2 Å². The summed E-state index contributed by atoms with van der Waals surface area (Å²) in [6.45, 7) is 0.615. The molecule has 0 saturated carbocycles. The largest absolute Gasteiger partial charge is 0.463 e. The first-order valence-electron chi connectivity index (χ1n) is 7.01. The van der Waals surface area contributed by atoms with Gasteiger partial charge in [0, 0.05) is 6.54 Å². The number of aromatic amines is 1. The summed E-state index contributed by atoms with van der Waals surface area (Å²) in [5, 5.41) is 5.26. The average Bonchev–Trinajstić information content (AvgIpc) is 3.03. The number of aromatic nitrogens is 1. The highest BCUT2D eigenvalue weighted by Gasteiger charge is 2.25. The van der Waals surface area contributed by atoms with Crippen LogP contribution in [0, 0.1) is 0 Å². The van der Waals surface area contributed by atoms with Gasteiger partial charge in [0.05, 0.1) is 12.0 Å². The number of H-pyrrole nitrogens is 1. The monoisotopic (exact) mass is 301 g/mol. The van der Waals surface area contributed by atoms with Crippen LogP contribution in [0.3, 0.4) is 0 Å². The van der Waals surface area contributed by atoms with Crippen LogP contribution in [0.1, 0.15) is 23.2 Å². The molecule has 2 aromatic heterocycles. The van der Waals surface area contributed by atoms with E-state index in [2.05, 4.69) is 15.6 Å². The Hall–Kier alpha value is -2.83. The smallest absolute Gasteiger partial charge is 0.261 e. The van der Waals surface area contributed by atoms with Crippen LogP contribution in [0.2, 0.25) is 0 Å². The van der Waals surface area contributed by atoms with Crippen molar-refractivity contribution in [3.05, 3.63) is 46.4 Å². The molecule has 7 heteroatoms. The Bertz CT molecular complexity index is 748. The van der Waals surface area contributed by atoms with Crippen LogP contribution in [-0.2, 0) is 4.79 Å². The van der Waals surface area contributed by atoms with E-state index in [-0.39, 0.29) is 11.5 Å². The highest BCUT2D eigenvalue weighted by atomic mass is 16.3. The van der Waals surface area contributed by atoms with E-state index >= 15 is 0 Å². The molecule has 0 bridgehead atoms. The second kappa shape index (κ2) is 5.88. The van der Waals surface area contributed by atoms with Gasteiger partial charge in [-0.25, -0.2) is 0 Å². The highest BCUT2D eigenvalue weighted by Crippen LogP contribution is 2.15. The van der Waals surface area contributed by atoms with Crippen molar-refractivity contribution >= 4 is 11.8 Å². The molecule has 114 valence electrons. The fraction of sp³-hybridized carbons (Fsp3) is 0.267. The number of nitrogens with one attached hydrogen (secondary N) is 3. The molecule has 1 fully saturated rings. The maximum absolute atomic E-state index is 12.1. The minimum Gasteiger partial charge on any atom is -0.463 e. The predicted molar refractivity (Wildman–Crippen MR) is 78.3 cm³/mol. The second-order valence-corrected chi connectivity index (χ2v) is 5.05. The standard InChI is InChI=1S/C15H15N3O4/c19-13-9(5-6-10(17-13)12-4-2-8-22-12)14(20)18-11-3-1-7-16-15(11)21/h2,4-6,8,11H,1,3,7H2,(H,16,21)(H,17,19)(H,18,20). The third-order valence-electron chi connectivity index (χ3n) is 3.53. The molecule has 7 nitrogen and oxygen atoms in total. The van der Waals surface area contributed by atoms with Crippen LogP contribution < -0.4 is 16.2 Å². The molecule has 0 radical (unpaired) electrons. The van der Waals surface area contributed by atoms with Gasteiger partial charge in [-0.3, -0.25) is 14.4 Å². The molecule has 0 aromatic carbocycles. The van der Waals surface area contributed by atoms with Gasteiger partial charge in [0.2, 0.25) is 5.91 Å². The summed E-state index contributed by atoms with van der Waals surface area (Å²) in [5.74, 6) is -0.270. The molecule has 1 unspecified atom stereocenters. The Kier molecular flexibility index (Phi) is 3.78. The summed E-state index contributed by atoms with van der Waals surface area (Å²) in [7, 11) is 0. The lowest BCUT2D eigenvalue weighted by molar-refractivity contribution is -0.124. The number of piperidine rings is 1. The molecule has 1 saturated heterocycles. The van der Waals surface area contributed by atoms with Crippen molar-refractivity contribution in [1.29, 1.82) is 0 Å².